The Kier molecular flexibility index (Phi) is 3.44. The van der Waals surface area contributed by atoms with Gasteiger partial charge in [0.1, 0.15) is 16.6 Å². The largest absolute Gasteiger partial charge is 0.454 e. The number of ether oxygens (including phenoxy) is 1. The molecule has 19 heavy (non-hydrogen) atoms. The third-order valence-corrected chi connectivity index (χ3v) is 4.02. The number of hydrogen-bond acceptors (Lipinski definition) is 3. The molecular weight excluding hydrogens is 301 g/mol. The second kappa shape index (κ2) is 5.08. The normalized spacial score (nSPS) is 12.9. The summed E-state index contributed by atoms with van der Waals surface area (Å²) in [6.45, 7) is 0. The van der Waals surface area contributed by atoms with Crippen molar-refractivity contribution >= 4 is 45.8 Å². The van der Waals surface area contributed by atoms with Crippen LogP contribution in [-0.4, -0.2) is 11.4 Å². The summed E-state index contributed by atoms with van der Waals surface area (Å²) in [7, 11) is 0. The summed E-state index contributed by atoms with van der Waals surface area (Å²) in [5.41, 5.74) is 1.46. The minimum atomic E-state index is 0.420. The van der Waals surface area contributed by atoms with Crippen molar-refractivity contribution in [1.29, 1.82) is 0 Å². The van der Waals surface area contributed by atoms with Crippen molar-refractivity contribution in [3.8, 4) is 11.5 Å². The molecule has 0 unspecified atom stereocenters. The van der Waals surface area contributed by atoms with E-state index in [-0.39, 0.29) is 0 Å². The zero-order chi connectivity index (χ0) is 13.4. The molecule has 0 saturated carbocycles. The molecule has 5 heteroatoms. The molecule has 2 aromatic rings. The SMILES string of the molecule is CSc1ccc2c(c1)Oc1cc(Cl)ccc1N=C2Cl. The van der Waals surface area contributed by atoms with Crippen LogP contribution in [0.5, 0.6) is 11.5 Å². The summed E-state index contributed by atoms with van der Waals surface area (Å²) in [5, 5.41) is 1.03. The van der Waals surface area contributed by atoms with Crippen molar-refractivity contribution in [2.75, 3.05) is 6.26 Å². The van der Waals surface area contributed by atoms with E-state index in [0.717, 1.165) is 10.5 Å². The van der Waals surface area contributed by atoms with Gasteiger partial charge in [0.25, 0.3) is 0 Å². The molecular formula is C14H9Cl2NOS. The molecule has 1 heterocycles. The van der Waals surface area contributed by atoms with Gasteiger partial charge in [-0.3, -0.25) is 0 Å². The van der Waals surface area contributed by atoms with Crippen molar-refractivity contribution in [2.45, 2.75) is 4.90 Å². The van der Waals surface area contributed by atoms with Crippen molar-refractivity contribution < 1.29 is 4.74 Å². The lowest BCUT2D eigenvalue weighted by Gasteiger charge is -2.09. The monoisotopic (exact) mass is 309 g/mol. The molecule has 0 radical (unpaired) electrons. The highest BCUT2D eigenvalue weighted by Gasteiger charge is 2.17. The second-order valence-electron chi connectivity index (χ2n) is 3.98. The van der Waals surface area contributed by atoms with E-state index >= 15 is 0 Å². The van der Waals surface area contributed by atoms with Gasteiger partial charge in [-0.2, -0.15) is 0 Å². The van der Waals surface area contributed by atoms with Gasteiger partial charge >= 0.3 is 0 Å². The molecule has 0 saturated heterocycles. The first-order valence-corrected chi connectivity index (χ1v) is 7.55. The molecule has 0 atom stereocenters. The van der Waals surface area contributed by atoms with E-state index < -0.39 is 0 Å². The first kappa shape index (κ1) is 12.9. The number of halogens is 2. The number of hydrogen-bond donors (Lipinski definition) is 0. The quantitative estimate of drug-likeness (QED) is 0.650. The molecule has 2 nitrogen and oxygen atoms in total. The number of rotatable bonds is 1. The molecule has 3 rings (SSSR count). The molecule has 0 amide bonds. The van der Waals surface area contributed by atoms with E-state index in [4.69, 9.17) is 27.9 Å². The molecule has 0 N–H and O–H groups in total. The van der Waals surface area contributed by atoms with Crippen molar-refractivity contribution in [1.82, 2.24) is 0 Å². The summed E-state index contributed by atoms with van der Waals surface area (Å²) in [5.74, 6) is 1.31. The molecule has 1 aliphatic heterocycles. The Bertz CT molecular complexity index is 685. The molecule has 0 aliphatic carbocycles. The fourth-order valence-corrected chi connectivity index (χ4v) is 2.67. The minimum Gasteiger partial charge on any atom is -0.454 e. The van der Waals surface area contributed by atoms with Crippen molar-refractivity contribution in [3.63, 3.8) is 0 Å². The van der Waals surface area contributed by atoms with Gasteiger partial charge in [-0.25, -0.2) is 4.99 Å². The third-order valence-electron chi connectivity index (χ3n) is 2.77. The lowest BCUT2D eigenvalue weighted by atomic mass is 10.2. The molecule has 2 aromatic carbocycles. The first-order chi connectivity index (χ1) is 9.17. The Morgan fingerprint density at radius 2 is 1.89 bits per heavy atom. The van der Waals surface area contributed by atoms with Crippen LogP contribution in [0.4, 0.5) is 5.69 Å². The molecule has 0 spiro atoms. The number of nitrogens with zero attached hydrogens (tertiary/aromatic N) is 1. The third kappa shape index (κ3) is 2.46. The highest BCUT2D eigenvalue weighted by molar-refractivity contribution is 7.98. The summed E-state index contributed by atoms with van der Waals surface area (Å²) >= 11 is 13.9. The zero-order valence-corrected chi connectivity index (χ0v) is 12.3. The first-order valence-electron chi connectivity index (χ1n) is 5.57. The Morgan fingerprint density at radius 3 is 2.68 bits per heavy atom. The van der Waals surface area contributed by atoms with Crippen LogP contribution in [0.15, 0.2) is 46.3 Å². The van der Waals surface area contributed by atoms with Crippen LogP contribution in [0.2, 0.25) is 5.02 Å². The van der Waals surface area contributed by atoms with Crippen LogP contribution in [0.1, 0.15) is 5.56 Å². The number of aliphatic imine (C=N–C) groups is 1. The van der Waals surface area contributed by atoms with Crippen molar-refractivity contribution in [3.05, 3.63) is 47.0 Å². The average molecular weight is 310 g/mol. The standard InChI is InChI=1S/C14H9Cl2NOS/c1-19-9-3-4-10-12(7-9)18-13-6-8(15)2-5-11(13)17-14(10)16/h2-7H,1H3. The topological polar surface area (TPSA) is 21.6 Å². The van der Waals surface area contributed by atoms with Gasteiger partial charge in [-0.15, -0.1) is 11.8 Å². The lowest BCUT2D eigenvalue weighted by molar-refractivity contribution is 0.483. The Balaban J connectivity index is 2.19. The van der Waals surface area contributed by atoms with E-state index in [1.165, 1.54) is 0 Å². The Morgan fingerprint density at radius 1 is 1.05 bits per heavy atom. The van der Waals surface area contributed by atoms with E-state index in [1.807, 2.05) is 24.5 Å². The molecule has 0 aromatic heterocycles. The van der Waals surface area contributed by atoms with Gasteiger partial charge in [0, 0.05) is 16.0 Å². The van der Waals surface area contributed by atoms with Crippen LogP contribution in [0.25, 0.3) is 0 Å². The van der Waals surface area contributed by atoms with E-state index in [9.17, 15) is 0 Å². The minimum absolute atomic E-state index is 0.420. The van der Waals surface area contributed by atoms with Gasteiger partial charge < -0.3 is 4.74 Å². The average Bonchev–Trinajstić information content (AvgIpc) is 2.54. The van der Waals surface area contributed by atoms with Gasteiger partial charge in [-0.05, 0) is 36.6 Å². The van der Waals surface area contributed by atoms with Crippen LogP contribution in [0, 0.1) is 0 Å². The predicted octanol–water partition coefficient (Wildman–Crippen LogP) is 5.48. The molecule has 0 fully saturated rings. The summed E-state index contributed by atoms with van der Waals surface area (Å²) in [6.07, 6.45) is 2.01. The van der Waals surface area contributed by atoms with Crippen LogP contribution < -0.4 is 4.74 Å². The fourth-order valence-electron chi connectivity index (χ4n) is 1.83. The molecule has 96 valence electrons. The predicted molar refractivity (Wildman–Crippen MR) is 81.8 cm³/mol. The van der Waals surface area contributed by atoms with Crippen LogP contribution in [0.3, 0.4) is 0 Å². The Hall–Kier alpha value is -1.16. The van der Waals surface area contributed by atoms with Crippen molar-refractivity contribution in [2.24, 2.45) is 4.99 Å². The smallest absolute Gasteiger partial charge is 0.154 e. The summed E-state index contributed by atoms with van der Waals surface area (Å²) < 4.78 is 5.90. The maximum absolute atomic E-state index is 6.24. The summed E-state index contributed by atoms with van der Waals surface area (Å²) in [4.78, 5) is 5.47. The van der Waals surface area contributed by atoms with Crippen LogP contribution in [-0.2, 0) is 0 Å². The van der Waals surface area contributed by atoms with Gasteiger partial charge in [-0.1, -0.05) is 23.2 Å². The summed E-state index contributed by atoms with van der Waals surface area (Å²) in [6, 6.07) is 11.2. The second-order valence-corrected chi connectivity index (χ2v) is 5.65. The Labute approximate surface area is 125 Å². The van der Waals surface area contributed by atoms with E-state index in [0.29, 0.717) is 27.4 Å². The lowest BCUT2D eigenvalue weighted by Crippen LogP contribution is -1.93. The fraction of sp³-hybridized carbons (Fsp3) is 0.0714. The number of fused-ring (bicyclic) bond motifs is 2. The van der Waals surface area contributed by atoms with E-state index in [1.54, 1.807) is 30.0 Å². The molecule has 0 bridgehead atoms. The van der Waals surface area contributed by atoms with E-state index in [2.05, 4.69) is 4.99 Å². The van der Waals surface area contributed by atoms with Gasteiger partial charge in [0.2, 0.25) is 0 Å². The van der Waals surface area contributed by atoms with Gasteiger partial charge in [0.15, 0.2) is 5.75 Å². The zero-order valence-electron chi connectivity index (χ0n) is 9.98. The highest BCUT2D eigenvalue weighted by atomic mass is 35.5. The maximum Gasteiger partial charge on any atom is 0.154 e. The number of thioether (sulfide) groups is 1. The maximum atomic E-state index is 6.24. The highest BCUT2D eigenvalue weighted by Crippen LogP contribution is 2.40. The molecule has 1 aliphatic rings. The van der Waals surface area contributed by atoms with Gasteiger partial charge in [0.05, 0.1) is 5.56 Å². The van der Waals surface area contributed by atoms with Crippen LogP contribution >= 0.6 is 35.0 Å². The number of benzene rings is 2.